The zero-order valence-corrected chi connectivity index (χ0v) is 16.7. The minimum Gasteiger partial charge on any atom is -0.508 e. The standard InChI is InChI=1S/C22H28N2O4/c1-15(17-10-12-18(25)13-11-17)23-20(26)19(14-16-8-6-5-7-9-16)24-21(27)28-22(2,3)4/h5-13,15,19,25H,14H2,1-4H3,(H,23,26)(H,24,27). The number of benzene rings is 2. The molecule has 2 atom stereocenters. The summed E-state index contributed by atoms with van der Waals surface area (Å²) in [6, 6.07) is 15.0. The molecule has 0 saturated heterocycles. The summed E-state index contributed by atoms with van der Waals surface area (Å²) in [6.07, 6.45) is -0.297. The highest BCUT2D eigenvalue weighted by atomic mass is 16.6. The van der Waals surface area contributed by atoms with Gasteiger partial charge in [0.1, 0.15) is 17.4 Å². The normalized spacial score (nSPS) is 13.3. The third kappa shape index (κ3) is 6.95. The van der Waals surface area contributed by atoms with Crippen LogP contribution in [0, 0.1) is 0 Å². The number of amides is 2. The van der Waals surface area contributed by atoms with Crippen LogP contribution in [0.3, 0.4) is 0 Å². The lowest BCUT2D eigenvalue weighted by Gasteiger charge is -2.24. The van der Waals surface area contributed by atoms with Gasteiger partial charge in [0, 0.05) is 6.42 Å². The molecule has 2 amide bonds. The number of carbonyl (C=O) groups is 2. The molecular formula is C22H28N2O4. The maximum Gasteiger partial charge on any atom is 0.408 e. The van der Waals surface area contributed by atoms with Gasteiger partial charge in [-0.2, -0.15) is 0 Å². The molecule has 0 radical (unpaired) electrons. The van der Waals surface area contributed by atoms with E-state index in [0.29, 0.717) is 6.42 Å². The minimum atomic E-state index is -0.781. The van der Waals surface area contributed by atoms with Crippen molar-refractivity contribution in [1.82, 2.24) is 10.6 Å². The Hall–Kier alpha value is -3.02. The molecule has 0 saturated carbocycles. The van der Waals surface area contributed by atoms with Gasteiger partial charge < -0.3 is 20.5 Å². The Bertz CT molecular complexity index is 782. The van der Waals surface area contributed by atoms with Crippen LogP contribution in [0.5, 0.6) is 5.75 Å². The van der Waals surface area contributed by atoms with Gasteiger partial charge in [-0.05, 0) is 51.0 Å². The van der Waals surface area contributed by atoms with E-state index in [-0.39, 0.29) is 17.7 Å². The molecule has 0 heterocycles. The molecule has 0 fully saturated rings. The third-order valence-electron chi connectivity index (χ3n) is 4.04. The summed E-state index contributed by atoms with van der Waals surface area (Å²) < 4.78 is 5.30. The molecule has 2 aromatic rings. The number of phenolic OH excluding ortho intramolecular Hbond substituents is 1. The summed E-state index contributed by atoms with van der Waals surface area (Å²) in [5.74, 6) is -0.147. The molecule has 6 heteroatoms. The molecule has 0 spiro atoms. The van der Waals surface area contributed by atoms with Gasteiger partial charge in [0.15, 0.2) is 0 Å². The van der Waals surface area contributed by atoms with Gasteiger partial charge in [0.25, 0.3) is 0 Å². The lowest BCUT2D eigenvalue weighted by atomic mass is 10.0. The first-order chi connectivity index (χ1) is 13.1. The van der Waals surface area contributed by atoms with Crippen LogP contribution in [0.1, 0.15) is 44.9 Å². The van der Waals surface area contributed by atoms with Crippen LogP contribution in [0.2, 0.25) is 0 Å². The van der Waals surface area contributed by atoms with E-state index >= 15 is 0 Å². The molecule has 150 valence electrons. The van der Waals surface area contributed by atoms with E-state index in [0.717, 1.165) is 11.1 Å². The van der Waals surface area contributed by atoms with Crippen molar-refractivity contribution in [2.24, 2.45) is 0 Å². The molecule has 0 aliphatic heterocycles. The Balaban J connectivity index is 2.10. The van der Waals surface area contributed by atoms with Crippen LogP contribution in [0.15, 0.2) is 54.6 Å². The number of nitrogens with one attached hydrogen (secondary N) is 2. The molecule has 2 unspecified atom stereocenters. The molecule has 0 aliphatic carbocycles. The summed E-state index contributed by atoms with van der Waals surface area (Å²) in [7, 11) is 0. The van der Waals surface area contributed by atoms with Crippen molar-refractivity contribution in [3.05, 3.63) is 65.7 Å². The molecule has 3 N–H and O–H groups in total. The number of carbonyl (C=O) groups excluding carboxylic acids is 2. The zero-order chi connectivity index (χ0) is 20.7. The van der Waals surface area contributed by atoms with Crippen LogP contribution in [-0.4, -0.2) is 28.7 Å². The van der Waals surface area contributed by atoms with Gasteiger partial charge in [-0.1, -0.05) is 42.5 Å². The molecule has 28 heavy (non-hydrogen) atoms. The van der Waals surface area contributed by atoms with Crippen molar-refractivity contribution < 1.29 is 19.4 Å². The molecule has 2 aromatic carbocycles. The highest BCUT2D eigenvalue weighted by Crippen LogP contribution is 2.17. The fourth-order valence-corrected chi connectivity index (χ4v) is 2.67. The molecule has 2 rings (SSSR count). The number of ether oxygens (including phenoxy) is 1. The van der Waals surface area contributed by atoms with E-state index in [9.17, 15) is 14.7 Å². The minimum absolute atomic E-state index is 0.163. The van der Waals surface area contributed by atoms with Crippen molar-refractivity contribution in [1.29, 1.82) is 0 Å². The first-order valence-electron chi connectivity index (χ1n) is 9.27. The van der Waals surface area contributed by atoms with Gasteiger partial charge in [-0.25, -0.2) is 4.79 Å². The predicted octanol–water partition coefficient (Wildman–Crippen LogP) is 3.71. The Morgan fingerprint density at radius 2 is 1.61 bits per heavy atom. The Kier molecular flexibility index (Phi) is 7.04. The number of hydrogen-bond donors (Lipinski definition) is 3. The average Bonchev–Trinajstić information content (AvgIpc) is 2.61. The van der Waals surface area contributed by atoms with Crippen molar-refractivity contribution in [3.8, 4) is 5.75 Å². The zero-order valence-electron chi connectivity index (χ0n) is 16.7. The fourth-order valence-electron chi connectivity index (χ4n) is 2.67. The molecule has 6 nitrogen and oxygen atoms in total. The summed E-state index contributed by atoms with van der Waals surface area (Å²) in [5, 5.41) is 15.0. The third-order valence-corrected chi connectivity index (χ3v) is 4.04. The number of phenols is 1. The average molecular weight is 384 g/mol. The maximum atomic E-state index is 12.9. The van der Waals surface area contributed by atoms with Crippen LogP contribution in [-0.2, 0) is 16.0 Å². The first-order valence-corrected chi connectivity index (χ1v) is 9.27. The number of alkyl carbamates (subject to hydrolysis) is 1. The molecule has 0 aromatic heterocycles. The van der Waals surface area contributed by atoms with E-state index in [2.05, 4.69) is 10.6 Å². The second-order valence-electron chi connectivity index (χ2n) is 7.71. The topological polar surface area (TPSA) is 87.7 Å². The number of rotatable bonds is 6. The van der Waals surface area contributed by atoms with Crippen molar-refractivity contribution >= 4 is 12.0 Å². The van der Waals surface area contributed by atoms with E-state index in [1.165, 1.54) is 0 Å². The van der Waals surface area contributed by atoms with Crippen LogP contribution in [0.25, 0.3) is 0 Å². The second-order valence-corrected chi connectivity index (χ2v) is 7.71. The summed E-state index contributed by atoms with van der Waals surface area (Å²) in [6.45, 7) is 7.15. The number of hydrogen-bond acceptors (Lipinski definition) is 4. The fraction of sp³-hybridized carbons (Fsp3) is 0.364. The lowest BCUT2D eigenvalue weighted by Crippen LogP contribution is -2.49. The lowest BCUT2D eigenvalue weighted by molar-refractivity contribution is -0.123. The summed E-state index contributed by atoms with van der Waals surface area (Å²) >= 11 is 0. The van der Waals surface area contributed by atoms with Crippen molar-refractivity contribution in [3.63, 3.8) is 0 Å². The van der Waals surface area contributed by atoms with Crippen LogP contribution < -0.4 is 10.6 Å². The van der Waals surface area contributed by atoms with Crippen molar-refractivity contribution in [2.75, 3.05) is 0 Å². The van der Waals surface area contributed by atoms with E-state index < -0.39 is 17.7 Å². The highest BCUT2D eigenvalue weighted by molar-refractivity contribution is 5.86. The van der Waals surface area contributed by atoms with Gasteiger partial charge in [0.05, 0.1) is 6.04 Å². The Labute approximate surface area is 165 Å². The highest BCUT2D eigenvalue weighted by Gasteiger charge is 2.25. The SMILES string of the molecule is CC(NC(=O)C(Cc1ccccc1)NC(=O)OC(C)(C)C)c1ccc(O)cc1. The Morgan fingerprint density at radius 3 is 2.18 bits per heavy atom. The quantitative estimate of drug-likeness (QED) is 0.709. The molecule has 0 aliphatic rings. The summed E-state index contributed by atoms with van der Waals surface area (Å²) in [5.41, 5.74) is 1.12. The first kappa shape index (κ1) is 21.3. The van der Waals surface area contributed by atoms with Crippen LogP contribution in [0.4, 0.5) is 4.79 Å². The smallest absolute Gasteiger partial charge is 0.408 e. The van der Waals surface area contributed by atoms with Crippen LogP contribution >= 0.6 is 0 Å². The largest absolute Gasteiger partial charge is 0.508 e. The molecule has 0 bridgehead atoms. The van der Waals surface area contributed by atoms with E-state index in [1.807, 2.05) is 37.3 Å². The van der Waals surface area contributed by atoms with Gasteiger partial charge in [-0.15, -0.1) is 0 Å². The monoisotopic (exact) mass is 384 g/mol. The Morgan fingerprint density at radius 1 is 1.00 bits per heavy atom. The van der Waals surface area contributed by atoms with Gasteiger partial charge >= 0.3 is 6.09 Å². The van der Waals surface area contributed by atoms with E-state index in [1.54, 1.807) is 45.0 Å². The second kappa shape index (κ2) is 9.26. The molecular weight excluding hydrogens is 356 g/mol. The van der Waals surface area contributed by atoms with Gasteiger partial charge in [0.2, 0.25) is 5.91 Å². The van der Waals surface area contributed by atoms with Crippen molar-refractivity contribution in [2.45, 2.75) is 51.8 Å². The predicted molar refractivity (Wildman–Crippen MR) is 108 cm³/mol. The van der Waals surface area contributed by atoms with E-state index in [4.69, 9.17) is 4.74 Å². The maximum absolute atomic E-state index is 12.9. The number of aromatic hydroxyl groups is 1. The summed E-state index contributed by atoms with van der Waals surface area (Å²) in [4.78, 5) is 25.1. The van der Waals surface area contributed by atoms with Gasteiger partial charge in [-0.3, -0.25) is 4.79 Å².